The van der Waals surface area contributed by atoms with Gasteiger partial charge in [-0.25, -0.2) is 0 Å². The van der Waals surface area contributed by atoms with Gasteiger partial charge in [0, 0.05) is 16.8 Å². The number of aromatic nitrogens is 1. The first-order valence-corrected chi connectivity index (χ1v) is 5.00. The molecule has 0 aliphatic carbocycles. The molecule has 0 bridgehead atoms. The lowest BCUT2D eigenvalue weighted by atomic mass is 10.1. The zero-order valence-electron chi connectivity index (χ0n) is 8.25. The molecule has 0 fully saturated rings. The first-order valence-electron chi connectivity index (χ1n) is 4.62. The maximum atomic E-state index is 11.1. The summed E-state index contributed by atoms with van der Waals surface area (Å²) in [5.41, 5.74) is 2.68. The Morgan fingerprint density at radius 1 is 1.20 bits per heavy atom. The van der Waals surface area contributed by atoms with E-state index < -0.39 is 0 Å². The van der Waals surface area contributed by atoms with Crippen molar-refractivity contribution in [3.8, 4) is 11.3 Å². The second-order valence-corrected chi connectivity index (χ2v) is 3.88. The van der Waals surface area contributed by atoms with Crippen molar-refractivity contribution in [1.29, 1.82) is 0 Å². The number of aromatic amines is 1. The number of aryl methyl sites for hydroxylation is 1. The van der Waals surface area contributed by atoms with Crippen LogP contribution in [0.5, 0.6) is 0 Å². The summed E-state index contributed by atoms with van der Waals surface area (Å²) in [6, 6.07) is 10.8. The molecule has 0 radical (unpaired) electrons. The van der Waals surface area contributed by atoms with Crippen LogP contribution in [0.1, 0.15) is 5.56 Å². The molecule has 0 unspecified atom stereocenters. The van der Waals surface area contributed by atoms with Crippen molar-refractivity contribution < 1.29 is 0 Å². The SMILES string of the molecule is Cc1cc(Cl)cc(-c2cccc(=O)[nH]2)c1. The molecule has 2 aromatic rings. The van der Waals surface area contributed by atoms with Crippen molar-refractivity contribution in [3.63, 3.8) is 0 Å². The quantitative estimate of drug-likeness (QED) is 0.786. The van der Waals surface area contributed by atoms with Crippen LogP contribution in [0.25, 0.3) is 11.3 Å². The van der Waals surface area contributed by atoms with E-state index in [2.05, 4.69) is 4.98 Å². The molecular formula is C12H10ClNO. The minimum Gasteiger partial charge on any atom is -0.322 e. The highest BCUT2D eigenvalue weighted by Crippen LogP contribution is 2.22. The number of nitrogens with one attached hydrogen (secondary N) is 1. The Labute approximate surface area is 92.5 Å². The molecule has 76 valence electrons. The van der Waals surface area contributed by atoms with Gasteiger partial charge in [-0.2, -0.15) is 0 Å². The van der Waals surface area contributed by atoms with Gasteiger partial charge < -0.3 is 4.98 Å². The summed E-state index contributed by atoms with van der Waals surface area (Å²) >= 11 is 5.95. The third-order valence-corrected chi connectivity index (χ3v) is 2.34. The number of H-pyrrole nitrogens is 1. The average Bonchev–Trinajstić information content (AvgIpc) is 2.16. The van der Waals surface area contributed by atoms with Gasteiger partial charge in [-0.3, -0.25) is 4.79 Å². The molecule has 0 aliphatic heterocycles. The minimum absolute atomic E-state index is 0.106. The highest BCUT2D eigenvalue weighted by Gasteiger charge is 2.00. The Morgan fingerprint density at radius 2 is 2.00 bits per heavy atom. The fourth-order valence-electron chi connectivity index (χ4n) is 1.51. The number of pyridine rings is 1. The summed E-state index contributed by atoms with van der Waals surface area (Å²) in [4.78, 5) is 13.9. The first kappa shape index (κ1) is 9.99. The molecule has 1 aromatic heterocycles. The lowest BCUT2D eigenvalue weighted by molar-refractivity contribution is 1.24. The third-order valence-electron chi connectivity index (χ3n) is 2.12. The summed E-state index contributed by atoms with van der Waals surface area (Å²) in [6.07, 6.45) is 0. The normalized spacial score (nSPS) is 10.3. The van der Waals surface area contributed by atoms with Gasteiger partial charge in [-0.15, -0.1) is 0 Å². The van der Waals surface area contributed by atoms with Crippen molar-refractivity contribution >= 4 is 11.6 Å². The standard InChI is InChI=1S/C12H10ClNO/c1-8-5-9(7-10(13)6-8)11-3-2-4-12(15)14-11/h2-7H,1H3,(H,14,15). The Bertz CT molecular complexity index is 525. The van der Waals surface area contributed by atoms with Gasteiger partial charge in [-0.05, 0) is 42.3 Å². The lowest BCUT2D eigenvalue weighted by Crippen LogP contribution is -2.03. The largest absolute Gasteiger partial charge is 0.322 e. The zero-order chi connectivity index (χ0) is 10.8. The number of hydrogen-bond acceptors (Lipinski definition) is 1. The van der Waals surface area contributed by atoms with E-state index in [0.29, 0.717) is 5.02 Å². The lowest BCUT2D eigenvalue weighted by Gasteiger charge is -2.03. The average molecular weight is 220 g/mol. The molecule has 0 spiro atoms. The van der Waals surface area contributed by atoms with Crippen LogP contribution in [0.3, 0.4) is 0 Å². The van der Waals surface area contributed by atoms with E-state index in [4.69, 9.17) is 11.6 Å². The number of halogens is 1. The number of hydrogen-bond donors (Lipinski definition) is 1. The van der Waals surface area contributed by atoms with Gasteiger partial charge in [0.25, 0.3) is 0 Å². The van der Waals surface area contributed by atoms with Crippen molar-refractivity contribution in [3.05, 3.63) is 57.3 Å². The Hall–Kier alpha value is -1.54. The summed E-state index contributed by atoms with van der Waals surface area (Å²) in [5.74, 6) is 0. The molecule has 0 amide bonds. The van der Waals surface area contributed by atoms with Crippen LogP contribution in [-0.2, 0) is 0 Å². The first-order chi connectivity index (χ1) is 7.15. The van der Waals surface area contributed by atoms with Crippen LogP contribution in [0.4, 0.5) is 0 Å². The van der Waals surface area contributed by atoms with Gasteiger partial charge in [0.05, 0.1) is 0 Å². The second kappa shape index (κ2) is 3.91. The van der Waals surface area contributed by atoms with E-state index in [-0.39, 0.29) is 5.56 Å². The van der Waals surface area contributed by atoms with Crippen LogP contribution in [0, 0.1) is 6.92 Å². The molecular weight excluding hydrogens is 210 g/mol. The molecule has 1 aromatic carbocycles. The van der Waals surface area contributed by atoms with Crippen molar-refractivity contribution in [2.75, 3.05) is 0 Å². The summed E-state index contributed by atoms with van der Waals surface area (Å²) in [7, 11) is 0. The number of rotatable bonds is 1. The van der Waals surface area contributed by atoms with E-state index in [1.54, 1.807) is 6.07 Å². The van der Waals surface area contributed by atoms with E-state index in [1.807, 2.05) is 31.2 Å². The molecule has 0 atom stereocenters. The van der Waals surface area contributed by atoms with E-state index in [0.717, 1.165) is 16.8 Å². The maximum absolute atomic E-state index is 11.1. The molecule has 0 saturated heterocycles. The minimum atomic E-state index is -0.106. The Kier molecular flexibility index (Phi) is 2.60. The molecule has 15 heavy (non-hydrogen) atoms. The summed E-state index contributed by atoms with van der Waals surface area (Å²) in [5, 5.41) is 0.676. The van der Waals surface area contributed by atoms with Gasteiger partial charge in [0.2, 0.25) is 5.56 Å². The number of benzene rings is 1. The summed E-state index contributed by atoms with van der Waals surface area (Å²) in [6.45, 7) is 1.97. The topological polar surface area (TPSA) is 32.9 Å². The Balaban J connectivity index is 2.58. The third kappa shape index (κ3) is 2.28. The fourth-order valence-corrected chi connectivity index (χ4v) is 1.80. The molecule has 0 saturated carbocycles. The zero-order valence-corrected chi connectivity index (χ0v) is 9.01. The van der Waals surface area contributed by atoms with Crippen LogP contribution in [0.15, 0.2) is 41.2 Å². The summed E-state index contributed by atoms with van der Waals surface area (Å²) < 4.78 is 0. The van der Waals surface area contributed by atoms with Crippen LogP contribution in [-0.4, -0.2) is 4.98 Å². The van der Waals surface area contributed by atoms with Crippen molar-refractivity contribution in [2.24, 2.45) is 0 Å². The monoisotopic (exact) mass is 219 g/mol. The van der Waals surface area contributed by atoms with Gasteiger partial charge in [0.15, 0.2) is 0 Å². The highest BCUT2D eigenvalue weighted by molar-refractivity contribution is 6.30. The van der Waals surface area contributed by atoms with E-state index >= 15 is 0 Å². The fraction of sp³-hybridized carbons (Fsp3) is 0.0833. The van der Waals surface area contributed by atoms with Gasteiger partial charge in [0.1, 0.15) is 0 Å². The molecule has 1 heterocycles. The molecule has 0 aliphatic rings. The molecule has 2 nitrogen and oxygen atoms in total. The second-order valence-electron chi connectivity index (χ2n) is 3.45. The highest BCUT2D eigenvalue weighted by atomic mass is 35.5. The van der Waals surface area contributed by atoms with E-state index in [1.165, 1.54) is 6.07 Å². The molecule has 3 heteroatoms. The van der Waals surface area contributed by atoms with Crippen LogP contribution < -0.4 is 5.56 Å². The van der Waals surface area contributed by atoms with Crippen molar-refractivity contribution in [2.45, 2.75) is 6.92 Å². The van der Waals surface area contributed by atoms with E-state index in [9.17, 15) is 4.79 Å². The van der Waals surface area contributed by atoms with Gasteiger partial charge in [-0.1, -0.05) is 17.7 Å². The van der Waals surface area contributed by atoms with Crippen molar-refractivity contribution in [1.82, 2.24) is 4.98 Å². The molecule has 1 N–H and O–H groups in total. The predicted octanol–water partition coefficient (Wildman–Crippen LogP) is 3.00. The van der Waals surface area contributed by atoms with Crippen LogP contribution in [0.2, 0.25) is 5.02 Å². The Morgan fingerprint density at radius 3 is 2.67 bits per heavy atom. The van der Waals surface area contributed by atoms with Crippen LogP contribution >= 0.6 is 11.6 Å². The predicted molar refractivity (Wildman–Crippen MR) is 62.2 cm³/mol. The smallest absolute Gasteiger partial charge is 0.248 e. The molecule has 2 rings (SSSR count). The maximum Gasteiger partial charge on any atom is 0.248 e. The van der Waals surface area contributed by atoms with Gasteiger partial charge >= 0.3 is 0 Å².